The summed E-state index contributed by atoms with van der Waals surface area (Å²) >= 11 is 5.04. The minimum Gasteiger partial charge on any atom is -0.324 e. The number of carbonyl (C=O) groups excluding carboxylic acids is 1. The quantitative estimate of drug-likeness (QED) is 0.648. The van der Waals surface area contributed by atoms with Crippen molar-refractivity contribution in [3.05, 3.63) is 34.6 Å². The van der Waals surface area contributed by atoms with Crippen molar-refractivity contribution in [3.8, 4) is 0 Å². The third-order valence-corrected chi connectivity index (χ3v) is 8.16. The van der Waals surface area contributed by atoms with Gasteiger partial charge in [-0.2, -0.15) is 0 Å². The van der Waals surface area contributed by atoms with E-state index in [0.717, 1.165) is 27.9 Å². The highest BCUT2D eigenvalue weighted by molar-refractivity contribution is 9.10. The van der Waals surface area contributed by atoms with Gasteiger partial charge in [-0.25, -0.2) is 0 Å². The molecular formula is C20H23BrN4OS. The van der Waals surface area contributed by atoms with E-state index in [-0.39, 0.29) is 5.91 Å². The molecule has 4 saturated carbocycles. The third kappa shape index (κ3) is 3.44. The number of rotatable bonds is 5. The number of nitrogens with one attached hydrogen (secondary N) is 2. The predicted octanol–water partition coefficient (Wildman–Crippen LogP) is 4.77. The van der Waals surface area contributed by atoms with Crippen molar-refractivity contribution >= 4 is 39.3 Å². The Morgan fingerprint density at radius 3 is 2.52 bits per heavy atom. The van der Waals surface area contributed by atoms with Crippen molar-refractivity contribution in [1.29, 1.82) is 0 Å². The lowest BCUT2D eigenvalue weighted by molar-refractivity contribution is -0.113. The fourth-order valence-corrected chi connectivity index (χ4v) is 7.05. The van der Waals surface area contributed by atoms with Crippen LogP contribution in [0.25, 0.3) is 0 Å². The first-order valence-corrected chi connectivity index (χ1v) is 11.5. The van der Waals surface area contributed by atoms with E-state index in [2.05, 4.69) is 54.6 Å². The summed E-state index contributed by atoms with van der Waals surface area (Å²) in [7, 11) is 0. The van der Waals surface area contributed by atoms with Gasteiger partial charge in [0.25, 0.3) is 0 Å². The number of carbonyl (C=O) groups is 1. The lowest BCUT2D eigenvalue weighted by atomic mass is 9.48. The van der Waals surface area contributed by atoms with Gasteiger partial charge in [-0.3, -0.25) is 4.79 Å². The van der Waals surface area contributed by atoms with Gasteiger partial charge in [0.15, 0.2) is 5.16 Å². The van der Waals surface area contributed by atoms with Gasteiger partial charge in [-0.15, -0.1) is 10.2 Å². The summed E-state index contributed by atoms with van der Waals surface area (Å²) in [4.78, 5) is 15.1. The molecule has 4 aliphatic carbocycles. The number of hydrogen-bond acceptors (Lipinski definition) is 4. The highest BCUT2D eigenvalue weighted by Gasteiger charge is 2.51. The number of thioether (sulfide) groups is 1. The van der Waals surface area contributed by atoms with Crippen molar-refractivity contribution in [2.24, 2.45) is 17.8 Å². The topological polar surface area (TPSA) is 70.7 Å². The maximum Gasteiger partial charge on any atom is 0.234 e. The van der Waals surface area contributed by atoms with Gasteiger partial charge in [0.1, 0.15) is 6.33 Å². The van der Waals surface area contributed by atoms with Crippen molar-refractivity contribution in [2.75, 3.05) is 11.1 Å². The maximum absolute atomic E-state index is 12.3. The molecule has 5 nitrogen and oxygen atoms in total. The van der Waals surface area contributed by atoms with Gasteiger partial charge in [0, 0.05) is 4.47 Å². The van der Waals surface area contributed by atoms with Crippen LogP contribution >= 0.6 is 27.7 Å². The lowest BCUT2D eigenvalue weighted by Gasteiger charge is -2.57. The molecule has 4 fully saturated rings. The number of halogens is 1. The molecule has 0 aliphatic heterocycles. The van der Waals surface area contributed by atoms with E-state index in [0.29, 0.717) is 16.3 Å². The molecular weight excluding hydrogens is 424 g/mol. The molecule has 4 bridgehead atoms. The van der Waals surface area contributed by atoms with Crippen LogP contribution in [0.3, 0.4) is 0 Å². The first kappa shape index (κ1) is 17.7. The number of aromatic nitrogens is 3. The summed E-state index contributed by atoms with van der Waals surface area (Å²) < 4.78 is 0.980. The van der Waals surface area contributed by atoms with Crippen LogP contribution in [-0.4, -0.2) is 26.8 Å². The highest BCUT2D eigenvalue weighted by Crippen LogP contribution is 2.60. The summed E-state index contributed by atoms with van der Waals surface area (Å²) in [5, 5.41) is 11.3. The van der Waals surface area contributed by atoms with Gasteiger partial charge >= 0.3 is 0 Å². The molecule has 6 rings (SSSR count). The number of amides is 1. The second-order valence-electron chi connectivity index (χ2n) is 8.52. The molecule has 0 saturated heterocycles. The summed E-state index contributed by atoms with van der Waals surface area (Å²) in [6.07, 6.45) is 9.94. The van der Waals surface area contributed by atoms with E-state index in [1.807, 2.05) is 0 Å². The minimum absolute atomic E-state index is 0.0420. The number of nitrogens with zero attached hydrogens (tertiary/aromatic N) is 2. The summed E-state index contributed by atoms with van der Waals surface area (Å²) in [6.45, 7) is 0. The van der Waals surface area contributed by atoms with Gasteiger partial charge < -0.3 is 10.3 Å². The van der Waals surface area contributed by atoms with Crippen molar-refractivity contribution in [2.45, 2.75) is 49.1 Å². The Labute approximate surface area is 171 Å². The fraction of sp³-hybridized carbons (Fsp3) is 0.550. The van der Waals surface area contributed by atoms with Crippen LogP contribution < -0.4 is 5.32 Å². The second-order valence-corrected chi connectivity index (χ2v) is 10.3. The Morgan fingerprint density at radius 2 is 1.93 bits per heavy atom. The molecule has 0 spiro atoms. The third-order valence-electron chi connectivity index (χ3n) is 6.63. The number of aromatic amines is 1. The first-order chi connectivity index (χ1) is 13.1. The van der Waals surface area contributed by atoms with Crippen LogP contribution in [0.2, 0.25) is 0 Å². The van der Waals surface area contributed by atoms with Crippen LogP contribution in [-0.2, 0) is 10.2 Å². The van der Waals surface area contributed by atoms with E-state index in [9.17, 15) is 4.79 Å². The molecule has 27 heavy (non-hydrogen) atoms. The molecule has 0 radical (unpaired) electrons. The molecule has 1 heterocycles. The largest absolute Gasteiger partial charge is 0.324 e. The van der Waals surface area contributed by atoms with Crippen molar-refractivity contribution in [3.63, 3.8) is 0 Å². The van der Waals surface area contributed by atoms with E-state index in [1.165, 1.54) is 62.2 Å². The Kier molecular flexibility index (Phi) is 4.55. The zero-order valence-corrected chi connectivity index (χ0v) is 17.5. The molecule has 2 N–H and O–H groups in total. The molecule has 1 aromatic carbocycles. The van der Waals surface area contributed by atoms with Gasteiger partial charge in [-0.1, -0.05) is 17.8 Å². The highest BCUT2D eigenvalue weighted by atomic mass is 79.9. The van der Waals surface area contributed by atoms with E-state index in [1.54, 1.807) is 0 Å². The van der Waals surface area contributed by atoms with Crippen molar-refractivity contribution < 1.29 is 4.79 Å². The summed E-state index contributed by atoms with van der Waals surface area (Å²) in [5.74, 6) is 3.06. The Morgan fingerprint density at radius 1 is 1.22 bits per heavy atom. The number of anilines is 1. The van der Waals surface area contributed by atoms with Crippen LogP contribution in [0.15, 0.2) is 34.2 Å². The number of benzene rings is 1. The molecule has 7 heteroatoms. The van der Waals surface area contributed by atoms with Crippen LogP contribution in [0.5, 0.6) is 0 Å². The lowest BCUT2D eigenvalue weighted by Crippen LogP contribution is -2.48. The van der Waals surface area contributed by atoms with Crippen LogP contribution in [0, 0.1) is 17.8 Å². The van der Waals surface area contributed by atoms with Crippen LogP contribution in [0.1, 0.15) is 44.1 Å². The smallest absolute Gasteiger partial charge is 0.234 e. The molecule has 0 atom stereocenters. The SMILES string of the molecule is O=C(CSc1nnc[nH]1)Nc1ccc(C23CC4CC(CC(C4)C2)C3)cc1Br. The molecule has 4 aliphatic rings. The molecule has 2 aromatic rings. The zero-order chi connectivity index (χ0) is 18.4. The monoisotopic (exact) mass is 446 g/mol. The molecule has 142 valence electrons. The van der Waals surface area contributed by atoms with E-state index >= 15 is 0 Å². The molecule has 1 aromatic heterocycles. The number of H-pyrrole nitrogens is 1. The maximum atomic E-state index is 12.3. The zero-order valence-electron chi connectivity index (χ0n) is 15.1. The van der Waals surface area contributed by atoms with Gasteiger partial charge in [0.05, 0.1) is 11.4 Å². The fourth-order valence-electron chi connectivity index (χ4n) is 6.00. The Balaban J connectivity index is 1.29. The summed E-state index contributed by atoms with van der Waals surface area (Å²) in [5.41, 5.74) is 2.68. The standard InChI is InChI=1S/C20H23BrN4OS/c21-16-6-15(20-7-12-3-13(8-20)5-14(4-12)9-20)1-2-17(16)24-18(26)10-27-19-22-11-23-25-19/h1-2,6,11-14H,3-5,7-10H2,(H,24,26)(H,22,23,25). The normalized spacial score (nSPS) is 31.2. The van der Waals surface area contributed by atoms with Gasteiger partial charge in [0.2, 0.25) is 5.91 Å². The van der Waals surface area contributed by atoms with E-state index in [4.69, 9.17) is 0 Å². The first-order valence-electron chi connectivity index (χ1n) is 9.68. The number of hydrogen-bond donors (Lipinski definition) is 2. The predicted molar refractivity (Wildman–Crippen MR) is 110 cm³/mol. The Bertz CT molecular complexity index is 818. The van der Waals surface area contributed by atoms with Crippen molar-refractivity contribution in [1.82, 2.24) is 15.2 Å². The average molecular weight is 447 g/mol. The average Bonchev–Trinajstić information content (AvgIpc) is 3.14. The van der Waals surface area contributed by atoms with Crippen LogP contribution in [0.4, 0.5) is 5.69 Å². The van der Waals surface area contributed by atoms with E-state index < -0.39 is 0 Å². The molecule has 0 unspecified atom stereocenters. The second kappa shape index (κ2) is 6.92. The van der Waals surface area contributed by atoms with Gasteiger partial charge in [-0.05, 0) is 95.3 Å². The summed E-state index contributed by atoms with van der Waals surface area (Å²) in [6, 6.07) is 6.57. The Hall–Kier alpha value is -1.34. The molecule has 1 amide bonds. The minimum atomic E-state index is -0.0420.